The van der Waals surface area contributed by atoms with Gasteiger partial charge in [0.2, 0.25) is 0 Å². The minimum atomic E-state index is -5.20. The zero-order valence-corrected chi connectivity index (χ0v) is 10.1. The molecule has 0 aliphatic rings. The molecule has 0 aliphatic carbocycles. The number of halogens is 4. The number of phenolic OH excluding ortho intramolecular Hbond substituents is 1. The van der Waals surface area contributed by atoms with Gasteiger partial charge >= 0.3 is 12.1 Å². The molecule has 0 spiro atoms. The lowest BCUT2D eigenvalue weighted by atomic mass is 10.2. The van der Waals surface area contributed by atoms with Crippen molar-refractivity contribution in [2.24, 2.45) is 5.73 Å². The topological polar surface area (TPSA) is 96.4 Å². The van der Waals surface area contributed by atoms with Gasteiger partial charge in [0.15, 0.2) is 5.75 Å². The molecule has 1 aromatic rings. The first-order valence-electron chi connectivity index (χ1n) is 4.29. The maximum atomic E-state index is 12.1. The lowest BCUT2D eigenvalue weighted by molar-refractivity contribution is -0.189. The highest BCUT2D eigenvalue weighted by molar-refractivity contribution is 9.10. The van der Waals surface area contributed by atoms with Gasteiger partial charge in [-0.2, -0.15) is 13.2 Å². The summed E-state index contributed by atoms with van der Waals surface area (Å²) in [6.45, 7) is 0. The van der Waals surface area contributed by atoms with E-state index in [2.05, 4.69) is 20.7 Å². The maximum absolute atomic E-state index is 12.1. The van der Waals surface area contributed by atoms with E-state index in [0.29, 0.717) is 0 Å². The highest BCUT2D eigenvalue weighted by Crippen LogP contribution is 2.37. The second-order valence-corrected chi connectivity index (χ2v) is 3.87. The summed E-state index contributed by atoms with van der Waals surface area (Å²) >= 11 is 2.75. The van der Waals surface area contributed by atoms with Crippen molar-refractivity contribution in [1.29, 1.82) is 5.41 Å². The number of nitrogen functional groups attached to an aromatic ring is 1. The lowest BCUT2D eigenvalue weighted by Crippen LogP contribution is -2.29. The number of nitrogens with one attached hydrogen (secondary N) is 1. The fourth-order valence-electron chi connectivity index (χ4n) is 1.01. The van der Waals surface area contributed by atoms with Crippen LogP contribution in [0.1, 0.15) is 5.56 Å². The van der Waals surface area contributed by atoms with E-state index in [4.69, 9.17) is 11.1 Å². The summed E-state index contributed by atoms with van der Waals surface area (Å²) in [4.78, 5) is 10.7. The Morgan fingerprint density at radius 1 is 1.44 bits per heavy atom. The number of benzene rings is 1. The van der Waals surface area contributed by atoms with E-state index in [1.807, 2.05) is 0 Å². The second kappa shape index (κ2) is 4.84. The zero-order valence-electron chi connectivity index (χ0n) is 8.51. The van der Waals surface area contributed by atoms with Crippen molar-refractivity contribution in [1.82, 2.24) is 0 Å². The van der Waals surface area contributed by atoms with Crippen molar-refractivity contribution in [2.45, 2.75) is 6.18 Å². The Morgan fingerprint density at radius 2 is 2.00 bits per heavy atom. The zero-order chi connectivity index (χ0) is 14.1. The van der Waals surface area contributed by atoms with Gasteiger partial charge in [-0.15, -0.1) is 0 Å². The number of rotatable bonds is 2. The fraction of sp³-hybridized carbons (Fsp3) is 0.111. The van der Waals surface area contributed by atoms with Crippen LogP contribution in [0.4, 0.5) is 13.2 Å². The maximum Gasteiger partial charge on any atom is 0.491 e. The Labute approximate surface area is 107 Å². The first kappa shape index (κ1) is 14.3. The van der Waals surface area contributed by atoms with Crippen LogP contribution in [-0.4, -0.2) is 23.1 Å². The van der Waals surface area contributed by atoms with Gasteiger partial charge in [-0.1, -0.05) is 0 Å². The first-order chi connectivity index (χ1) is 8.14. The van der Waals surface area contributed by atoms with E-state index in [9.17, 15) is 23.1 Å². The normalized spacial score (nSPS) is 11.1. The SMILES string of the molecule is N=C(N)c1ccc(O)c(Br)c1OC(=O)C(F)(F)F. The van der Waals surface area contributed by atoms with Gasteiger partial charge in [0.25, 0.3) is 0 Å². The van der Waals surface area contributed by atoms with Gasteiger partial charge in [0, 0.05) is 0 Å². The van der Waals surface area contributed by atoms with Gasteiger partial charge in [0.1, 0.15) is 16.1 Å². The summed E-state index contributed by atoms with van der Waals surface area (Å²) in [6, 6.07) is 2.15. The van der Waals surface area contributed by atoms with Crippen LogP contribution < -0.4 is 10.5 Å². The molecule has 9 heteroatoms. The summed E-state index contributed by atoms with van der Waals surface area (Å²) in [6.07, 6.45) is -5.20. The van der Waals surface area contributed by atoms with E-state index >= 15 is 0 Å². The average molecular weight is 327 g/mol. The molecule has 5 nitrogen and oxygen atoms in total. The number of carbonyl (C=O) groups is 1. The Kier molecular flexibility index (Phi) is 3.85. The molecular weight excluding hydrogens is 321 g/mol. The number of hydrogen-bond acceptors (Lipinski definition) is 4. The van der Waals surface area contributed by atoms with Crippen molar-refractivity contribution in [3.63, 3.8) is 0 Å². The quantitative estimate of drug-likeness (QED) is 0.335. The molecule has 0 aliphatic heterocycles. The smallest absolute Gasteiger partial charge is 0.491 e. The van der Waals surface area contributed by atoms with E-state index < -0.39 is 29.5 Å². The molecule has 0 atom stereocenters. The van der Waals surface area contributed by atoms with Crippen molar-refractivity contribution in [3.05, 3.63) is 22.2 Å². The Morgan fingerprint density at radius 3 is 2.44 bits per heavy atom. The number of nitrogens with two attached hydrogens (primary N) is 1. The number of alkyl halides is 3. The third kappa shape index (κ3) is 2.92. The molecule has 18 heavy (non-hydrogen) atoms. The van der Waals surface area contributed by atoms with Crippen LogP contribution in [0, 0.1) is 5.41 Å². The van der Waals surface area contributed by atoms with Crippen molar-refractivity contribution in [2.75, 3.05) is 0 Å². The minimum absolute atomic E-state index is 0.253. The van der Waals surface area contributed by atoms with E-state index in [1.54, 1.807) is 0 Å². The second-order valence-electron chi connectivity index (χ2n) is 3.08. The van der Waals surface area contributed by atoms with Crippen molar-refractivity contribution < 1.29 is 27.8 Å². The van der Waals surface area contributed by atoms with E-state index in [-0.39, 0.29) is 10.0 Å². The molecule has 0 aromatic heterocycles. The molecule has 0 unspecified atom stereocenters. The third-order valence-electron chi connectivity index (χ3n) is 1.79. The summed E-state index contributed by atoms with van der Waals surface area (Å²) in [5, 5.41) is 16.4. The van der Waals surface area contributed by atoms with Crippen LogP contribution in [0.3, 0.4) is 0 Å². The van der Waals surface area contributed by atoms with Crippen LogP contribution >= 0.6 is 15.9 Å². The predicted molar refractivity (Wildman–Crippen MR) is 58.5 cm³/mol. The van der Waals surface area contributed by atoms with Crippen LogP contribution in [-0.2, 0) is 4.79 Å². The van der Waals surface area contributed by atoms with Crippen LogP contribution in [0.25, 0.3) is 0 Å². The van der Waals surface area contributed by atoms with Gasteiger partial charge in [-0.05, 0) is 28.1 Å². The number of hydrogen-bond donors (Lipinski definition) is 3. The molecule has 98 valence electrons. The Hall–Kier alpha value is -1.77. The number of phenols is 1. The number of esters is 1. The molecular formula is C9H6BrF3N2O3. The number of ether oxygens (including phenoxy) is 1. The Bertz CT molecular complexity index is 517. The van der Waals surface area contributed by atoms with Gasteiger partial charge < -0.3 is 15.6 Å². The molecule has 0 saturated heterocycles. The molecule has 0 amide bonds. The number of carbonyl (C=O) groups excluding carboxylic acids is 1. The highest BCUT2D eigenvalue weighted by atomic mass is 79.9. The lowest BCUT2D eigenvalue weighted by Gasteiger charge is -2.13. The third-order valence-corrected chi connectivity index (χ3v) is 2.56. The predicted octanol–water partition coefficient (Wildman–Crippen LogP) is 1.91. The first-order valence-corrected chi connectivity index (χ1v) is 5.08. The number of amidine groups is 1. The van der Waals surface area contributed by atoms with Crippen molar-refractivity contribution in [3.8, 4) is 11.5 Å². The molecule has 0 saturated carbocycles. The average Bonchev–Trinajstić information content (AvgIpc) is 2.23. The molecule has 1 rings (SSSR count). The molecule has 0 radical (unpaired) electrons. The molecule has 4 N–H and O–H groups in total. The minimum Gasteiger partial charge on any atom is -0.507 e. The Balaban J connectivity index is 3.26. The summed E-state index contributed by atoms with van der Waals surface area (Å²) in [5.74, 6) is -4.20. The van der Waals surface area contributed by atoms with Crippen LogP contribution in [0.2, 0.25) is 0 Å². The van der Waals surface area contributed by atoms with Gasteiger partial charge in [-0.25, -0.2) is 4.79 Å². The summed E-state index contributed by atoms with van der Waals surface area (Å²) < 4.78 is 40.0. The number of aromatic hydroxyl groups is 1. The van der Waals surface area contributed by atoms with Crippen molar-refractivity contribution >= 4 is 27.7 Å². The summed E-state index contributed by atoms with van der Waals surface area (Å²) in [7, 11) is 0. The molecule has 0 bridgehead atoms. The van der Waals surface area contributed by atoms with Gasteiger partial charge in [0.05, 0.1) is 5.56 Å². The molecule has 0 fully saturated rings. The standard InChI is InChI=1S/C9H6BrF3N2O3/c10-5-4(16)2-1-3(7(14)15)6(5)18-8(17)9(11,12)13/h1-2,16H,(H3,14,15). The van der Waals surface area contributed by atoms with Crippen LogP contribution in [0.15, 0.2) is 16.6 Å². The van der Waals surface area contributed by atoms with Crippen LogP contribution in [0.5, 0.6) is 11.5 Å². The molecule has 1 aromatic carbocycles. The fourth-order valence-corrected chi connectivity index (χ4v) is 1.43. The molecule has 0 heterocycles. The highest BCUT2D eigenvalue weighted by Gasteiger charge is 2.42. The van der Waals surface area contributed by atoms with Gasteiger partial charge in [-0.3, -0.25) is 5.41 Å². The largest absolute Gasteiger partial charge is 0.507 e. The van der Waals surface area contributed by atoms with E-state index in [1.165, 1.54) is 0 Å². The summed E-state index contributed by atoms with van der Waals surface area (Å²) in [5.41, 5.74) is 4.87. The monoisotopic (exact) mass is 326 g/mol. The van der Waals surface area contributed by atoms with E-state index in [0.717, 1.165) is 12.1 Å².